The molecule has 0 aromatic carbocycles. The van der Waals surface area contributed by atoms with Crippen molar-refractivity contribution in [2.45, 2.75) is 17.7 Å². The number of hydrogen-bond acceptors (Lipinski definition) is 7. The zero-order chi connectivity index (χ0) is 13.6. The molecule has 0 fully saturated rings. The molecule has 0 aliphatic heterocycles. The fraction of sp³-hybridized carbons (Fsp3) is 0.636. The van der Waals surface area contributed by atoms with Gasteiger partial charge in [-0.3, -0.25) is 0 Å². The lowest BCUT2D eigenvalue weighted by Crippen LogP contribution is -2.36. The molecular weight excluding hydrogens is 268 g/mol. The second-order valence-electron chi connectivity index (χ2n) is 4.16. The molecule has 102 valence electrons. The number of aromatic nitrogens is 2. The molecule has 0 saturated heterocycles. The van der Waals surface area contributed by atoms with Crippen molar-refractivity contribution in [2.75, 3.05) is 42.5 Å². The van der Waals surface area contributed by atoms with Crippen molar-refractivity contribution in [1.29, 1.82) is 0 Å². The summed E-state index contributed by atoms with van der Waals surface area (Å²) < 4.78 is 0. The first-order valence-electron chi connectivity index (χ1n) is 5.57. The van der Waals surface area contributed by atoms with Gasteiger partial charge in [0.05, 0.1) is 5.60 Å². The molecule has 18 heavy (non-hydrogen) atoms. The van der Waals surface area contributed by atoms with Crippen molar-refractivity contribution < 1.29 is 5.11 Å². The Kier molecular flexibility index (Phi) is 6.04. The maximum Gasteiger partial charge on any atom is 0.191 e. The number of hydrogen-bond donors (Lipinski definition) is 3. The van der Waals surface area contributed by atoms with E-state index in [4.69, 9.17) is 0 Å². The van der Waals surface area contributed by atoms with Gasteiger partial charge in [-0.15, -0.1) is 0 Å². The second kappa shape index (κ2) is 7.06. The zero-order valence-corrected chi connectivity index (χ0v) is 12.8. The normalized spacial score (nSPS) is 14.1. The Balaban J connectivity index is 2.72. The molecule has 0 radical (unpaired) electrons. The topological polar surface area (TPSA) is 70.1 Å². The highest BCUT2D eigenvalue weighted by Crippen LogP contribution is 2.18. The lowest BCUT2D eigenvalue weighted by Gasteiger charge is -2.23. The van der Waals surface area contributed by atoms with E-state index in [1.165, 1.54) is 11.8 Å². The van der Waals surface area contributed by atoms with Crippen molar-refractivity contribution in [3.63, 3.8) is 0 Å². The van der Waals surface area contributed by atoms with Gasteiger partial charge in [0, 0.05) is 25.4 Å². The molecular formula is C11H20N4OS2. The third kappa shape index (κ3) is 4.91. The van der Waals surface area contributed by atoms with Crippen LogP contribution in [0.5, 0.6) is 0 Å². The summed E-state index contributed by atoms with van der Waals surface area (Å²) in [4.78, 5) is 8.63. The van der Waals surface area contributed by atoms with Crippen LogP contribution in [0.25, 0.3) is 0 Å². The third-order valence-corrected chi connectivity index (χ3v) is 3.71. The van der Waals surface area contributed by atoms with Gasteiger partial charge in [-0.2, -0.15) is 11.8 Å². The summed E-state index contributed by atoms with van der Waals surface area (Å²) in [6, 6.07) is 1.83. The monoisotopic (exact) mass is 288 g/mol. The second-order valence-corrected chi connectivity index (χ2v) is 5.80. The number of nitrogens with one attached hydrogen (secondary N) is 2. The third-order valence-electron chi connectivity index (χ3n) is 2.25. The lowest BCUT2D eigenvalue weighted by atomic mass is 10.1. The predicted octanol–water partition coefficient (Wildman–Crippen LogP) is 1.77. The molecule has 0 bridgehead atoms. The number of aliphatic hydroxyl groups is 1. The molecule has 1 atom stereocenters. The Hall–Kier alpha value is -0.660. The highest BCUT2D eigenvalue weighted by atomic mass is 32.2. The van der Waals surface area contributed by atoms with Crippen molar-refractivity contribution in [2.24, 2.45) is 0 Å². The molecule has 0 amide bonds. The van der Waals surface area contributed by atoms with E-state index in [0.29, 0.717) is 17.5 Å². The van der Waals surface area contributed by atoms with E-state index in [-0.39, 0.29) is 0 Å². The lowest BCUT2D eigenvalue weighted by molar-refractivity contribution is 0.0996. The average molecular weight is 288 g/mol. The minimum atomic E-state index is -0.746. The number of nitrogens with zero attached hydrogens (tertiary/aromatic N) is 2. The maximum absolute atomic E-state index is 10.1. The minimum Gasteiger partial charge on any atom is -0.387 e. The van der Waals surface area contributed by atoms with Gasteiger partial charge in [-0.05, 0) is 19.4 Å². The summed E-state index contributed by atoms with van der Waals surface area (Å²) in [7, 11) is 1.82. The Bertz CT molecular complexity index is 365. The molecule has 1 unspecified atom stereocenters. The van der Waals surface area contributed by atoms with E-state index in [9.17, 15) is 5.11 Å². The van der Waals surface area contributed by atoms with Crippen LogP contribution in [-0.4, -0.2) is 52.5 Å². The van der Waals surface area contributed by atoms with Gasteiger partial charge in [0.2, 0.25) is 0 Å². The van der Waals surface area contributed by atoms with Crippen LogP contribution in [0, 0.1) is 0 Å². The predicted molar refractivity (Wildman–Crippen MR) is 80.9 cm³/mol. The van der Waals surface area contributed by atoms with Crippen molar-refractivity contribution >= 4 is 35.2 Å². The molecule has 7 heteroatoms. The van der Waals surface area contributed by atoms with Crippen LogP contribution in [0.15, 0.2) is 11.2 Å². The summed E-state index contributed by atoms with van der Waals surface area (Å²) in [5.74, 6) is 2.17. The average Bonchev–Trinajstić information content (AvgIpc) is 2.36. The van der Waals surface area contributed by atoms with Crippen LogP contribution in [0.4, 0.5) is 11.6 Å². The van der Waals surface area contributed by atoms with Crippen LogP contribution in [0.1, 0.15) is 6.92 Å². The fourth-order valence-corrected chi connectivity index (χ4v) is 2.48. The Labute approximate surface area is 117 Å². The van der Waals surface area contributed by atoms with Gasteiger partial charge in [0.1, 0.15) is 11.6 Å². The first kappa shape index (κ1) is 15.4. The van der Waals surface area contributed by atoms with Crippen LogP contribution < -0.4 is 10.6 Å². The molecule has 3 N–H and O–H groups in total. The van der Waals surface area contributed by atoms with Gasteiger partial charge in [-0.1, -0.05) is 11.8 Å². The van der Waals surface area contributed by atoms with Gasteiger partial charge in [0.15, 0.2) is 5.16 Å². The maximum atomic E-state index is 10.1. The van der Waals surface area contributed by atoms with E-state index in [0.717, 1.165) is 11.6 Å². The molecule has 0 saturated carbocycles. The molecule has 5 nitrogen and oxygen atoms in total. The summed E-state index contributed by atoms with van der Waals surface area (Å²) in [5, 5.41) is 16.9. The number of anilines is 2. The van der Waals surface area contributed by atoms with Crippen molar-refractivity contribution in [1.82, 2.24) is 9.97 Å². The summed E-state index contributed by atoms with van der Waals surface area (Å²) in [5.41, 5.74) is -0.746. The molecule has 1 heterocycles. The van der Waals surface area contributed by atoms with Gasteiger partial charge < -0.3 is 15.7 Å². The largest absolute Gasteiger partial charge is 0.387 e. The highest BCUT2D eigenvalue weighted by Gasteiger charge is 2.19. The SMILES string of the molecule is CNc1cc(NCC(C)(O)CSC)nc(SC)n1. The Morgan fingerprint density at radius 2 is 2.00 bits per heavy atom. The Morgan fingerprint density at radius 1 is 1.33 bits per heavy atom. The molecule has 1 rings (SSSR count). The van der Waals surface area contributed by atoms with E-state index < -0.39 is 5.60 Å². The summed E-state index contributed by atoms with van der Waals surface area (Å²) in [6.07, 6.45) is 3.91. The molecule has 0 aliphatic carbocycles. The number of rotatable bonds is 7. The fourth-order valence-electron chi connectivity index (χ4n) is 1.38. The van der Waals surface area contributed by atoms with Gasteiger partial charge in [0.25, 0.3) is 0 Å². The van der Waals surface area contributed by atoms with E-state index in [1.54, 1.807) is 11.8 Å². The van der Waals surface area contributed by atoms with Crippen LogP contribution in [0.3, 0.4) is 0 Å². The quantitative estimate of drug-likeness (QED) is 0.522. The number of thioether (sulfide) groups is 2. The highest BCUT2D eigenvalue weighted by molar-refractivity contribution is 7.98. The smallest absolute Gasteiger partial charge is 0.191 e. The van der Waals surface area contributed by atoms with Crippen molar-refractivity contribution in [3.05, 3.63) is 6.07 Å². The van der Waals surface area contributed by atoms with E-state index >= 15 is 0 Å². The first-order valence-corrected chi connectivity index (χ1v) is 8.18. The van der Waals surface area contributed by atoms with Gasteiger partial charge >= 0.3 is 0 Å². The Morgan fingerprint density at radius 3 is 2.56 bits per heavy atom. The summed E-state index contributed by atoms with van der Waals surface area (Å²) in [6.45, 7) is 2.27. The van der Waals surface area contributed by atoms with Crippen LogP contribution in [-0.2, 0) is 0 Å². The first-order chi connectivity index (χ1) is 8.50. The zero-order valence-electron chi connectivity index (χ0n) is 11.1. The standard InChI is InChI=1S/C11H20N4OS2/c1-11(16,7-17-3)6-13-9-5-8(12-2)14-10(15-9)18-4/h5,16H,6-7H2,1-4H3,(H2,12,13,14,15). The molecule has 0 aliphatic rings. The van der Waals surface area contributed by atoms with E-state index in [2.05, 4.69) is 20.6 Å². The molecule has 1 aromatic rings. The minimum absolute atomic E-state index is 0.460. The van der Waals surface area contributed by atoms with Gasteiger partial charge in [-0.25, -0.2) is 9.97 Å². The molecule has 1 aromatic heterocycles. The molecule has 0 spiro atoms. The van der Waals surface area contributed by atoms with Crippen LogP contribution in [0.2, 0.25) is 0 Å². The van der Waals surface area contributed by atoms with Crippen molar-refractivity contribution in [3.8, 4) is 0 Å². The van der Waals surface area contributed by atoms with E-state index in [1.807, 2.05) is 32.5 Å². The summed E-state index contributed by atoms with van der Waals surface area (Å²) >= 11 is 3.11. The van der Waals surface area contributed by atoms with Crippen LogP contribution >= 0.6 is 23.5 Å².